The summed E-state index contributed by atoms with van der Waals surface area (Å²) < 4.78 is 7.76. The molecule has 5 rings (SSSR count). The molecule has 0 radical (unpaired) electrons. The Hall–Kier alpha value is -3.19. The molecule has 2 aromatic heterocycles. The van der Waals surface area contributed by atoms with Gasteiger partial charge in [0.25, 0.3) is 0 Å². The maximum Gasteiger partial charge on any atom is 0.231 e. The molecule has 7 nitrogen and oxygen atoms in total. The number of rotatable bonds is 6. The topological polar surface area (TPSA) is 76.5 Å². The number of aromatic nitrogens is 2. The van der Waals surface area contributed by atoms with Crippen molar-refractivity contribution in [3.05, 3.63) is 48.8 Å². The average molecular weight is 433 g/mol. The highest BCUT2D eigenvalue weighted by Gasteiger charge is 2.26. The average Bonchev–Trinajstić information content (AvgIpc) is 3.50. The highest BCUT2D eigenvalue weighted by atomic mass is 16.5. The van der Waals surface area contributed by atoms with Gasteiger partial charge in [-0.05, 0) is 82.1 Å². The molecular weight excluding hydrogens is 404 g/mol. The molecule has 166 valence electrons. The Bertz CT molecular complexity index is 1140. The smallest absolute Gasteiger partial charge is 0.231 e. The number of hydrogen-bond acceptors (Lipinski definition) is 5. The molecule has 2 aliphatic rings. The molecule has 0 unspecified atom stereocenters. The van der Waals surface area contributed by atoms with E-state index in [1.54, 1.807) is 22.9 Å². The first-order chi connectivity index (χ1) is 15.5. The molecule has 1 aliphatic heterocycles. The summed E-state index contributed by atoms with van der Waals surface area (Å²) in [6.45, 7) is 1.87. The van der Waals surface area contributed by atoms with Gasteiger partial charge in [-0.3, -0.25) is 14.2 Å². The predicted octanol–water partition coefficient (Wildman–Crippen LogP) is 4.55. The van der Waals surface area contributed by atoms with Crippen LogP contribution in [0.25, 0.3) is 10.9 Å². The van der Waals surface area contributed by atoms with Gasteiger partial charge in [0.05, 0.1) is 5.52 Å². The Morgan fingerprint density at radius 3 is 2.62 bits per heavy atom. The van der Waals surface area contributed by atoms with E-state index in [4.69, 9.17) is 4.74 Å². The summed E-state index contributed by atoms with van der Waals surface area (Å²) >= 11 is 0. The Morgan fingerprint density at radius 1 is 1.06 bits per heavy atom. The molecule has 1 N–H and O–H groups in total. The largest absolute Gasteiger partial charge is 0.457 e. The summed E-state index contributed by atoms with van der Waals surface area (Å²) in [5, 5.41) is 3.88. The van der Waals surface area contributed by atoms with Crippen LogP contribution in [0, 0.1) is 11.8 Å². The summed E-state index contributed by atoms with van der Waals surface area (Å²) in [5.74, 6) is 2.50. The summed E-state index contributed by atoms with van der Waals surface area (Å²) in [7, 11) is 2.08. The van der Waals surface area contributed by atoms with Gasteiger partial charge in [0.15, 0.2) is 0 Å². The van der Waals surface area contributed by atoms with Crippen molar-refractivity contribution in [2.45, 2.75) is 32.1 Å². The standard InChI is InChI=1S/C25H28N4O3/c1-28-11-7-18(8-12-28)25(31)27-23-16-21(6-10-26-23)32-20-4-5-22-19(15-20)9-13-29(22)24(30)14-17-2-3-17/h4-6,9-10,13,15-18H,2-3,7-8,11-12,14H2,1H3,(H,26,27,31). The Labute approximate surface area is 187 Å². The molecule has 32 heavy (non-hydrogen) atoms. The number of nitrogens with one attached hydrogen (secondary N) is 1. The number of nitrogens with zero attached hydrogens (tertiary/aromatic N) is 3. The minimum Gasteiger partial charge on any atom is -0.457 e. The highest BCUT2D eigenvalue weighted by Crippen LogP contribution is 2.34. The third-order valence-electron chi connectivity index (χ3n) is 6.40. The van der Waals surface area contributed by atoms with Crippen molar-refractivity contribution < 1.29 is 14.3 Å². The lowest BCUT2D eigenvalue weighted by Crippen LogP contribution is -2.36. The van der Waals surface area contributed by atoms with Gasteiger partial charge in [-0.1, -0.05) is 0 Å². The SMILES string of the molecule is CN1CCC(C(=O)Nc2cc(Oc3ccc4c(ccn4C(=O)CC4CC4)c3)ccn2)CC1. The van der Waals surface area contributed by atoms with E-state index < -0.39 is 0 Å². The van der Waals surface area contributed by atoms with E-state index in [2.05, 4.69) is 22.2 Å². The molecule has 1 aliphatic carbocycles. The first-order valence-corrected chi connectivity index (χ1v) is 11.3. The molecule has 0 atom stereocenters. The van der Waals surface area contributed by atoms with Crippen molar-refractivity contribution in [2.75, 3.05) is 25.5 Å². The summed E-state index contributed by atoms with van der Waals surface area (Å²) in [6.07, 6.45) is 8.13. The van der Waals surface area contributed by atoms with Gasteiger partial charge in [-0.2, -0.15) is 0 Å². The minimum atomic E-state index is 0.0152. The van der Waals surface area contributed by atoms with E-state index in [9.17, 15) is 9.59 Å². The lowest BCUT2D eigenvalue weighted by Gasteiger charge is -2.27. The number of benzene rings is 1. The normalized spacial score (nSPS) is 17.4. The molecule has 2 fully saturated rings. The Balaban J connectivity index is 1.25. The van der Waals surface area contributed by atoms with E-state index in [1.807, 2.05) is 30.5 Å². The monoisotopic (exact) mass is 432 g/mol. The maximum atomic E-state index is 12.6. The van der Waals surface area contributed by atoms with Crippen molar-refractivity contribution in [1.29, 1.82) is 0 Å². The van der Waals surface area contributed by atoms with Gasteiger partial charge in [-0.25, -0.2) is 4.98 Å². The summed E-state index contributed by atoms with van der Waals surface area (Å²) in [5.41, 5.74) is 0.892. The lowest BCUT2D eigenvalue weighted by molar-refractivity contribution is -0.121. The van der Waals surface area contributed by atoms with Crippen LogP contribution in [0.4, 0.5) is 5.82 Å². The van der Waals surface area contributed by atoms with Crippen LogP contribution in [-0.2, 0) is 4.79 Å². The third kappa shape index (κ3) is 4.67. The van der Waals surface area contributed by atoms with Crippen molar-refractivity contribution in [3.63, 3.8) is 0 Å². The molecule has 1 saturated carbocycles. The molecule has 3 aromatic rings. The molecule has 1 aromatic carbocycles. The van der Waals surface area contributed by atoms with Crippen molar-refractivity contribution in [2.24, 2.45) is 11.8 Å². The predicted molar refractivity (Wildman–Crippen MR) is 123 cm³/mol. The van der Waals surface area contributed by atoms with Gasteiger partial charge in [0.2, 0.25) is 11.8 Å². The maximum absolute atomic E-state index is 12.6. The number of pyridine rings is 1. The quantitative estimate of drug-likeness (QED) is 0.618. The second-order valence-electron chi connectivity index (χ2n) is 8.99. The number of carbonyl (C=O) groups excluding carboxylic acids is 2. The van der Waals surface area contributed by atoms with Gasteiger partial charge in [0.1, 0.15) is 17.3 Å². The minimum absolute atomic E-state index is 0.0152. The highest BCUT2D eigenvalue weighted by molar-refractivity contribution is 5.93. The van der Waals surface area contributed by atoms with Crippen LogP contribution >= 0.6 is 0 Å². The van der Waals surface area contributed by atoms with Gasteiger partial charge in [-0.15, -0.1) is 0 Å². The third-order valence-corrected chi connectivity index (χ3v) is 6.40. The van der Waals surface area contributed by atoms with Gasteiger partial charge >= 0.3 is 0 Å². The number of likely N-dealkylation sites (tertiary alicyclic amines) is 1. The second kappa shape index (κ2) is 8.74. The van der Waals surface area contributed by atoms with Crippen molar-refractivity contribution in [3.8, 4) is 11.5 Å². The molecule has 0 spiro atoms. The van der Waals surface area contributed by atoms with Crippen molar-refractivity contribution >= 4 is 28.5 Å². The zero-order chi connectivity index (χ0) is 22.1. The molecule has 0 bridgehead atoms. The first kappa shape index (κ1) is 20.7. The number of hydrogen-bond donors (Lipinski definition) is 1. The van der Waals surface area contributed by atoms with Crippen LogP contribution in [0.15, 0.2) is 48.8 Å². The molecule has 1 amide bonds. The van der Waals surface area contributed by atoms with Crippen LogP contribution in [-0.4, -0.2) is 46.4 Å². The summed E-state index contributed by atoms with van der Waals surface area (Å²) in [4.78, 5) is 31.6. The molecular formula is C25H28N4O3. The number of ether oxygens (including phenoxy) is 1. The number of carbonyl (C=O) groups is 2. The van der Waals surface area contributed by atoms with Gasteiger partial charge in [0, 0.05) is 36.2 Å². The fourth-order valence-electron chi connectivity index (χ4n) is 4.25. The number of piperidine rings is 1. The van der Waals surface area contributed by atoms with E-state index in [0.717, 1.165) is 49.7 Å². The molecule has 1 saturated heterocycles. The fourth-order valence-corrected chi connectivity index (χ4v) is 4.25. The second-order valence-corrected chi connectivity index (χ2v) is 8.99. The zero-order valence-corrected chi connectivity index (χ0v) is 18.3. The van der Waals surface area contributed by atoms with E-state index in [0.29, 0.717) is 29.7 Å². The van der Waals surface area contributed by atoms with Crippen LogP contribution in [0.5, 0.6) is 11.5 Å². The van der Waals surface area contributed by atoms with Crippen LogP contribution in [0.2, 0.25) is 0 Å². The van der Waals surface area contributed by atoms with Crippen LogP contribution in [0.3, 0.4) is 0 Å². The Morgan fingerprint density at radius 2 is 1.84 bits per heavy atom. The number of amides is 1. The number of anilines is 1. The van der Waals surface area contributed by atoms with Gasteiger partial charge < -0.3 is 15.0 Å². The van der Waals surface area contributed by atoms with E-state index >= 15 is 0 Å². The zero-order valence-electron chi connectivity index (χ0n) is 18.3. The fraction of sp³-hybridized carbons (Fsp3) is 0.400. The van der Waals surface area contributed by atoms with E-state index in [-0.39, 0.29) is 17.7 Å². The number of fused-ring (bicyclic) bond motifs is 1. The Kier molecular flexibility index (Phi) is 5.66. The first-order valence-electron chi connectivity index (χ1n) is 11.3. The van der Waals surface area contributed by atoms with E-state index in [1.165, 1.54) is 0 Å². The van der Waals surface area contributed by atoms with Crippen molar-refractivity contribution in [1.82, 2.24) is 14.5 Å². The molecule has 3 heterocycles. The molecule has 7 heteroatoms. The summed E-state index contributed by atoms with van der Waals surface area (Å²) in [6, 6.07) is 11.1. The lowest BCUT2D eigenvalue weighted by atomic mass is 9.96. The van der Waals surface area contributed by atoms with Crippen LogP contribution < -0.4 is 10.1 Å². The van der Waals surface area contributed by atoms with Crippen LogP contribution in [0.1, 0.15) is 36.9 Å².